The van der Waals surface area contributed by atoms with Crippen LogP contribution in [0.5, 0.6) is 0 Å². The second-order valence-corrected chi connectivity index (χ2v) is 2.18. The number of nitrogens with zero attached hydrogens (tertiary/aromatic N) is 2. The Balaban J connectivity index is 4.68. The molecule has 0 aliphatic heterocycles. The molecule has 0 aromatic rings. The third-order valence-corrected chi connectivity index (χ3v) is 1.28. The molecule has 0 aromatic carbocycles. The third-order valence-electron chi connectivity index (χ3n) is 1.28. The van der Waals surface area contributed by atoms with Crippen LogP contribution in [0.4, 0.5) is 13.2 Å². The molecule has 0 aliphatic carbocycles. The van der Waals surface area contributed by atoms with Crippen LogP contribution in [-0.4, -0.2) is 24.8 Å². The van der Waals surface area contributed by atoms with Crippen LogP contribution in [-0.2, 0) is 0 Å². The number of hydrogen-bond donors (Lipinski definition) is 0. The monoisotopic (exact) mass is 180 g/mol. The number of halogens is 3. The van der Waals surface area contributed by atoms with E-state index < -0.39 is 11.9 Å². The maximum Gasteiger partial charge on any atom is 0.429 e. The lowest BCUT2D eigenvalue weighted by Crippen LogP contribution is -2.23. The van der Waals surface area contributed by atoms with Crippen molar-refractivity contribution >= 4 is 11.5 Å². The Bertz CT molecular complexity index is 203. The molecule has 0 amide bonds. The quantitative estimate of drug-likeness (QED) is 0.437. The summed E-state index contributed by atoms with van der Waals surface area (Å²) in [6, 6.07) is 0. The van der Waals surface area contributed by atoms with Crippen molar-refractivity contribution < 1.29 is 13.2 Å². The van der Waals surface area contributed by atoms with Crippen LogP contribution in [0.25, 0.3) is 0 Å². The van der Waals surface area contributed by atoms with Crippen LogP contribution in [0, 0.1) is 0 Å². The van der Waals surface area contributed by atoms with Crippen LogP contribution in [0.3, 0.4) is 0 Å². The number of alkyl halides is 3. The van der Waals surface area contributed by atoms with E-state index in [0.29, 0.717) is 0 Å². The molecule has 5 heteroatoms. The van der Waals surface area contributed by atoms with E-state index in [-0.39, 0.29) is 12.3 Å². The second kappa shape index (κ2) is 4.23. The third kappa shape index (κ3) is 3.50. The molecule has 0 unspecified atom stereocenters. The molecule has 0 atom stereocenters. The van der Waals surface area contributed by atoms with Crippen molar-refractivity contribution in [2.45, 2.75) is 26.4 Å². The molecule has 0 fully saturated rings. The minimum Gasteiger partial charge on any atom is -0.274 e. The van der Waals surface area contributed by atoms with Gasteiger partial charge in [-0.25, -0.2) is 4.99 Å². The summed E-state index contributed by atoms with van der Waals surface area (Å²) < 4.78 is 36.1. The molecule has 0 bridgehead atoms. The normalized spacial score (nSPS) is 15.2. The van der Waals surface area contributed by atoms with E-state index in [0.717, 1.165) is 0 Å². The number of rotatable bonds is 1. The van der Waals surface area contributed by atoms with Gasteiger partial charge in [-0.2, -0.15) is 13.2 Å². The first-order valence-corrected chi connectivity index (χ1v) is 3.50. The Morgan fingerprint density at radius 3 is 2.08 bits per heavy atom. The number of aliphatic imine (C=N–C) groups is 2. The van der Waals surface area contributed by atoms with Gasteiger partial charge < -0.3 is 0 Å². The first-order valence-electron chi connectivity index (χ1n) is 3.50. The van der Waals surface area contributed by atoms with E-state index in [2.05, 4.69) is 9.98 Å². The van der Waals surface area contributed by atoms with Gasteiger partial charge in [0, 0.05) is 7.05 Å². The van der Waals surface area contributed by atoms with Crippen molar-refractivity contribution in [2.75, 3.05) is 7.05 Å². The van der Waals surface area contributed by atoms with Gasteiger partial charge in [-0.1, -0.05) is 6.92 Å². The molecule has 2 nitrogen and oxygen atoms in total. The van der Waals surface area contributed by atoms with Gasteiger partial charge in [-0.05, 0) is 13.3 Å². The molecule has 0 saturated heterocycles. The molecule has 0 radical (unpaired) electrons. The van der Waals surface area contributed by atoms with Crippen molar-refractivity contribution in [2.24, 2.45) is 9.98 Å². The van der Waals surface area contributed by atoms with Gasteiger partial charge in [-0.3, -0.25) is 4.99 Å². The van der Waals surface area contributed by atoms with E-state index >= 15 is 0 Å². The average molecular weight is 180 g/mol. The van der Waals surface area contributed by atoms with Crippen LogP contribution >= 0.6 is 0 Å². The second-order valence-electron chi connectivity index (χ2n) is 2.18. The van der Waals surface area contributed by atoms with E-state index in [1.807, 2.05) is 0 Å². The van der Waals surface area contributed by atoms with E-state index in [4.69, 9.17) is 0 Å². The van der Waals surface area contributed by atoms with Gasteiger partial charge in [0.15, 0.2) is 0 Å². The lowest BCUT2D eigenvalue weighted by molar-refractivity contribution is -0.0601. The summed E-state index contributed by atoms with van der Waals surface area (Å²) in [6.07, 6.45) is -4.46. The topological polar surface area (TPSA) is 24.7 Å². The van der Waals surface area contributed by atoms with Crippen molar-refractivity contribution in [1.82, 2.24) is 0 Å². The lowest BCUT2D eigenvalue weighted by Gasteiger charge is -2.07. The Kier molecular flexibility index (Phi) is 3.92. The highest BCUT2D eigenvalue weighted by Gasteiger charge is 2.34. The summed E-state index contributed by atoms with van der Waals surface area (Å²) in [5, 5.41) is 0. The zero-order valence-corrected chi connectivity index (χ0v) is 7.24. The predicted octanol–water partition coefficient (Wildman–Crippen LogP) is 2.45. The molecule has 0 aliphatic rings. The summed E-state index contributed by atoms with van der Waals surface area (Å²) >= 11 is 0. The Hall–Kier alpha value is -0.870. The van der Waals surface area contributed by atoms with Crippen LogP contribution < -0.4 is 0 Å². The summed E-state index contributed by atoms with van der Waals surface area (Å²) in [4.78, 5) is 6.85. The van der Waals surface area contributed by atoms with E-state index in [1.54, 1.807) is 0 Å². The lowest BCUT2D eigenvalue weighted by atomic mass is 10.3. The predicted molar refractivity (Wildman–Crippen MR) is 42.8 cm³/mol. The maximum absolute atomic E-state index is 12.0. The number of amidine groups is 1. The number of hydrogen-bond acceptors (Lipinski definition) is 1. The van der Waals surface area contributed by atoms with Gasteiger partial charge in [0.05, 0.1) is 0 Å². The van der Waals surface area contributed by atoms with E-state index in [9.17, 15) is 13.2 Å². The van der Waals surface area contributed by atoms with Gasteiger partial charge >= 0.3 is 6.18 Å². The fraction of sp³-hybridized carbons (Fsp3) is 0.714. The fourth-order valence-corrected chi connectivity index (χ4v) is 0.588. The first-order chi connectivity index (χ1) is 5.41. The Morgan fingerprint density at radius 2 is 1.83 bits per heavy atom. The fourth-order valence-electron chi connectivity index (χ4n) is 0.588. The smallest absolute Gasteiger partial charge is 0.274 e. The van der Waals surface area contributed by atoms with Gasteiger partial charge in [0.25, 0.3) is 0 Å². The van der Waals surface area contributed by atoms with Crippen molar-refractivity contribution in [3.63, 3.8) is 0 Å². The standard InChI is InChI=1S/C7H11F3N2/c1-4-6(7(8,9)10)12-5(2)11-3/h4H2,1-3H3. The zero-order valence-electron chi connectivity index (χ0n) is 7.24. The summed E-state index contributed by atoms with van der Waals surface area (Å²) in [5.41, 5.74) is -0.786. The van der Waals surface area contributed by atoms with Crippen LogP contribution in [0.2, 0.25) is 0 Å². The maximum atomic E-state index is 12.0. The highest BCUT2D eigenvalue weighted by molar-refractivity contribution is 5.99. The summed E-state index contributed by atoms with van der Waals surface area (Å²) in [7, 11) is 1.41. The average Bonchev–Trinajstić information content (AvgIpc) is 1.97. The molecule has 0 rings (SSSR count). The molecular formula is C7H11F3N2. The molecular weight excluding hydrogens is 169 g/mol. The van der Waals surface area contributed by atoms with Crippen LogP contribution in [0.1, 0.15) is 20.3 Å². The van der Waals surface area contributed by atoms with E-state index in [1.165, 1.54) is 20.9 Å². The SMILES string of the molecule is CCC(=NC(C)=NC)C(F)(F)F. The minimum absolute atomic E-state index is 0.129. The molecule has 0 spiro atoms. The van der Waals surface area contributed by atoms with Gasteiger partial charge in [0.1, 0.15) is 11.5 Å². The molecule has 70 valence electrons. The zero-order chi connectivity index (χ0) is 9.78. The summed E-state index contributed by atoms with van der Waals surface area (Å²) in [6.45, 7) is 2.84. The highest BCUT2D eigenvalue weighted by atomic mass is 19.4. The molecule has 12 heavy (non-hydrogen) atoms. The molecule has 0 saturated carbocycles. The van der Waals surface area contributed by atoms with Crippen molar-refractivity contribution in [3.8, 4) is 0 Å². The molecule has 0 aromatic heterocycles. The van der Waals surface area contributed by atoms with Gasteiger partial charge in [-0.15, -0.1) is 0 Å². The van der Waals surface area contributed by atoms with Gasteiger partial charge in [0.2, 0.25) is 0 Å². The van der Waals surface area contributed by atoms with Crippen LogP contribution in [0.15, 0.2) is 9.98 Å². The van der Waals surface area contributed by atoms with Crippen molar-refractivity contribution in [1.29, 1.82) is 0 Å². The largest absolute Gasteiger partial charge is 0.429 e. The highest BCUT2D eigenvalue weighted by Crippen LogP contribution is 2.19. The molecule has 0 N–H and O–H groups in total. The Labute approximate surface area is 69.2 Å². The molecule has 0 heterocycles. The Morgan fingerprint density at radius 1 is 1.33 bits per heavy atom. The summed E-state index contributed by atoms with van der Waals surface area (Å²) in [5.74, 6) is 0.143. The first kappa shape index (κ1) is 11.1. The minimum atomic E-state index is -4.33. The van der Waals surface area contributed by atoms with Crippen molar-refractivity contribution in [3.05, 3.63) is 0 Å².